The van der Waals surface area contributed by atoms with Gasteiger partial charge in [0.15, 0.2) is 0 Å². The summed E-state index contributed by atoms with van der Waals surface area (Å²) in [5, 5.41) is 13.4. The molecular formula is C10H21NO2. The molecule has 1 fully saturated rings. The van der Waals surface area contributed by atoms with E-state index >= 15 is 0 Å². The van der Waals surface area contributed by atoms with E-state index in [2.05, 4.69) is 12.2 Å². The van der Waals surface area contributed by atoms with Crippen LogP contribution in [0.25, 0.3) is 0 Å². The van der Waals surface area contributed by atoms with Crippen molar-refractivity contribution in [1.29, 1.82) is 0 Å². The SMILES string of the molecule is CCNCC1(O)CC(C)OC(C)C1. The summed E-state index contributed by atoms with van der Waals surface area (Å²) in [6.45, 7) is 7.68. The molecular weight excluding hydrogens is 166 g/mol. The van der Waals surface area contributed by atoms with Crippen LogP contribution in [0.1, 0.15) is 33.6 Å². The number of ether oxygens (including phenoxy) is 1. The maximum absolute atomic E-state index is 10.2. The van der Waals surface area contributed by atoms with Crippen LogP contribution in [0.2, 0.25) is 0 Å². The summed E-state index contributed by atoms with van der Waals surface area (Å²) in [7, 11) is 0. The molecule has 1 saturated heterocycles. The molecule has 2 atom stereocenters. The van der Waals surface area contributed by atoms with Crippen LogP contribution in [0.3, 0.4) is 0 Å². The van der Waals surface area contributed by atoms with Gasteiger partial charge in [0, 0.05) is 19.4 Å². The summed E-state index contributed by atoms with van der Waals surface area (Å²) in [5.74, 6) is 0. The third kappa shape index (κ3) is 3.25. The Balaban J connectivity index is 2.45. The minimum Gasteiger partial charge on any atom is -0.388 e. The average Bonchev–Trinajstić information content (AvgIpc) is 1.98. The second kappa shape index (κ2) is 4.40. The van der Waals surface area contributed by atoms with Crippen molar-refractivity contribution in [3.63, 3.8) is 0 Å². The van der Waals surface area contributed by atoms with Crippen LogP contribution in [-0.4, -0.2) is 36.0 Å². The third-order valence-electron chi connectivity index (χ3n) is 2.50. The molecule has 0 aromatic heterocycles. The molecule has 13 heavy (non-hydrogen) atoms. The first kappa shape index (κ1) is 11.0. The van der Waals surface area contributed by atoms with Crippen molar-refractivity contribution in [3.05, 3.63) is 0 Å². The van der Waals surface area contributed by atoms with Crippen LogP contribution < -0.4 is 5.32 Å². The van der Waals surface area contributed by atoms with Gasteiger partial charge in [-0.1, -0.05) is 6.92 Å². The van der Waals surface area contributed by atoms with E-state index < -0.39 is 5.60 Å². The van der Waals surface area contributed by atoms with Crippen molar-refractivity contribution in [1.82, 2.24) is 5.32 Å². The topological polar surface area (TPSA) is 41.5 Å². The second-order valence-electron chi connectivity index (χ2n) is 4.17. The summed E-state index contributed by atoms with van der Waals surface area (Å²) in [5.41, 5.74) is -0.562. The molecule has 2 unspecified atom stereocenters. The molecule has 1 rings (SSSR count). The second-order valence-corrected chi connectivity index (χ2v) is 4.17. The molecule has 1 aliphatic heterocycles. The highest BCUT2D eigenvalue weighted by molar-refractivity contribution is 4.89. The molecule has 3 nitrogen and oxygen atoms in total. The summed E-state index contributed by atoms with van der Waals surface area (Å²) in [4.78, 5) is 0. The molecule has 78 valence electrons. The van der Waals surface area contributed by atoms with E-state index in [9.17, 15) is 5.11 Å². The largest absolute Gasteiger partial charge is 0.388 e. The Labute approximate surface area is 80.5 Å². The highest BCUT2D eigenvalue weighted by atomic mass is 16.5. The van der Waals surface area contributed by atoms with E-state index in [0.29, 0.717) is 6.54 Å². The van der Waals surface area contributed by atoms with Crippen molar-refractivity contribution in [2.45, 2.75) is 51.4 Å². The van der Waals surface area contributed by atoms with E-state index in [-0.39, 0.29) is 12.2 Å². The highest BCUT2D eigenvalue weighted by Crippen LogP contribution is 2.27. The smallest absolute Gasteiger partial charge is 0.0820 e. The Bertz CT molecular complexity index is 151. The van der Waals surface area contributed by atoms with Crippen LogP contribution in [-0.2, 0) is 4.74 Å². The Morgan fingerprint density at radius 1 is 1.38 bits per heavy atom. The quantitative estimate of drug-likeness (QED) is 0.690. The van der Waals surface area contributed by atoms with Crippen LogP contribution in [0.4, 0.5) is 0 Å². The standard InChI is InChI=1S/C10H21NO2/c1-4-11-7-10(12)5-8(2)13-9(3)6-10/h8-9,11-12H,4-7H2,1-3H3. The van der Waals surface area contributed by atoms with Gasteiger partial charge < -0.3 is 15.2 Å². The molecule has 0 radical (unpaired) electrons. The molecule has 0 aromatic carbocycles. The first-order valence-electron chi connectivity index (χ1n) is 5.14. The fourth-order valence-electron chi connectivity index (χ4n) is 2.15. The van der Waals surface area contributed by atoms with Gasteiger partial charge in [0.1, 0.15) is 0 Å². The lowest BCUT2D eigenvalue weighted by molar-refractivity contribution is -0.129. The number of rotatable bonds is 3. The molecule has 0 aliphatic carbocycles. The number of aliphatic hydroxyl groups is 1. The van der Waals surface area contributed by atoms with Crippen molar-refractivity contribution in [2.75, 3.05) is 13.1 Å². The molecule has 0 spiro atoms. The highest BCUT2D eigenvalue weighted by Gasteiger charge is 2.36. The number of hydrogen-bond acceptors (Lipinski definition) is 3. The van der Waals surface area contributed by atoms with Crippen LogP contribution in [0.5, 0.6) is 0 Å². The number of likely N-dealkylation sites (N-methyl/N-ethyl adjacent to an activating group) is 1. The van der Waals surface area contributed by atoms with Gasteiger partial charge in [0.2, 0.25) is 0 Å². The summed E-state index contributed by atoms with van der Waals surface area (Å²) in [6, 6.07) is 0. The van der Waals surface area contributed by atoms with E-state index in [1.165, 1.54) is 0 Å². The number of nitrogens with one attached hydrogen (secondary N) is 1. The predicted octanol–water partition coefficient (Wildman–Crippen LogP) is 0.914. The van der Waals surface area contributed by atoms with Gasteiger partial charge in [-0.15, -0.1) is 0 Å². The van der Waals surface area contributed by atoms with E-state index in [4.69, 9.17) is 4.74 Å². The van der Waals surface area contributed by atoms with Crippen molar-refractivity contribution < 1.29 is 9.84 Å². The molecule has 1 aliphatic rings. The zero-order chi connectivity index (χ0) is 9.90. The molecule has 2 N–H and O–H groups in total. The van der Waals surface area contributed by atoms with Crippen molar-refractivity contribution in [3.8, 4) is 0 Å². The van der Waals surface area contributed by atoms with Gasteiger partial charge in [0.25, 0.3) is 0 Å². The minimum atomic E-state index is -0.562. The van der Waals surface area contributed by atoms with Gasteiger partial charge in [0.05, 0.1) is 17.8 Å². The lowest BCUT2D eigenvalue weighted by Crippen LogP contribution is -2.49. The summed E-state index contributed by atoms with van der Waals surface area (Å²) < 4.78 is 5.57. The molecule has 3 heteroatoms. The Kier molecular flexibility index (Phi) is 3.71. The van der Waals surface area contributed by atoms with Crippen molar-refractivity contribution in [2.24, 2.45) is 0 Å². The van der Waals surface area contributed by atoms with Crippen LogP contribution in [0, 0.1) is 0 Å². The molecule has 0 saturated carbocycles. The van der Waals surface area contributed by atoms with E-state index in [1.807, 2.05) is 13.8 Å². The van der Waals surface area contributed by atoms with Gasteiger partial charge >= 0.3 is 0 Å². The third-order valence-corrected chi connectivity index (χ3v) is 2.50. The Morgan fingerprint density at radius 3 is 2.38 bits per heavy atom. The van der Waals surface area contributed by atoms with Crippen LogP contribution >= 0.6 is 0 Å². The molecule has 0 aromatic rings. The maximum Gasteiger partial charge on any atom is 0.0820 e. The fourth-order valence-corrected chi connectivity index (χ4v) is 2.15. The lowest BCUT2D eigenvalue weighted by Gasteiger charge is -2.39. The predicted molar refractivity (Wildman–Crippen MR) is 52.7 cm³/mol. The van der Waals surface area contributed by atoms with E-state index in [0.717, 1.165) is 19.4 Å². The molecule has 1 heterocycles. The van der Waals surface area contributed by atoms with Gasteiger partial charge in [-0.25, -0.2) is 0 Å². The van der Waals surface area contributed by atoms with E-state index in [1.54, 1.807) is 0 Å². The Morgan fingerprint density at radius 2 is 1.92 bits per heavy atom. The summed E-state index contributed by atoms with van der Waals surface area (Å²) >= 11 is 0. The molecule has 0 bridgehead atoms. The monoisotopic (exact) mass is 187 g/mol. The summed E-state index contributed by atoms with van der Waals surface area (Å²) in [6.07, 6.45) is 1.83. The average molecular weight is 187 g/mol. The fraction of sp³-hybridized carbons (Fsp3) is 1.00. The first-order chi connectivity index (χ1) is 6.06. The number of hydrogen-bond donors (Lipinski definition) is 2. The maximum atomic E-state index is 10.2. The van der Waals surface area contributed by atoms with Crippen LogP contribution in [0.15, 0.2) is 0 Å². The Hall–Kier alpha value is -0.120. The normalized spacial score (nSPS) is 40.6. The zero-order valence-corrected chi connectivity index (χ0v) is 8.84. The van der Waals surface area contributed by atoms with Gasteiger partial charge in [-0.2, -0.15) is 0 Å². The van der Waals surface area contributed by atoms with Gasteiger partial charge in [-0.3, -0.25) is 0 Å². The molecule has 0 amide bonds. The zero-order valence-electron chi connectivity index (χ0n) is 8.84. The lowest BCUT2D eigenvalue weighted by atomic mass is 9.87. The van der Waals surface area contributed by atoms with Gasteiger partial charge in [-0.05, 0) is 20.4 Å². The minimum absolute atomic E-state index is 0.174. The first-order valence-corrected chi connectivity index (χ1v) is 5.14. The van der Waals surface area contributed by atoms with Crippen molar-refractivity contribution >= 4 is 0 Å².